The van der Waals surface area contributed by atoms with Crippen LogP contribution in [-0.2, 0) is 13.6 Å². The maximum absolute atomic E-state index is 12.5. The molecule has 7 nitrogen and oxygen atoms in total. The van der Waals surface area contributed by atoms with E-state index in [9.17, 15) is 4.79 Å². The summed E-state index contributed by atoms with van der Waals surface area (Å²) in [6.45, 7) is 10.5. The summed E-state index contributed by atoms with van der Waals surface area (Å²) in [4.78, 5) is 18.9. The van der Waals surface area contributed by atoms with E-state index in [-0.39, 0.29) is 6.03 Å². The SMILES string of the molecule is CCN(CC)C(=O)N1CCC(c2nnc(CN3CCCCC3)n2C)CC1. The molecule has 26 heavy (non-hydrogen) atoms. The molecule has 1 aromatic rings. The molecule has 146 valence electrons. The molecule has 3 heterocycles. The fraction of sp³-hybridized carbons (Fsp3) is 0.842. The summed E-state index contributed by atoms with van der Waals surface area (Å²) < 4.78 is 2.20. The second-order valence-electron chi connectivity index (χ2n) is 7.59. The van der Waals surface area contributed by atoms with Gasteiger partial charge in [-0.3, -0.25) is 4.90 Å². The second-order valence-corrected chi connectivity index (χ2v) is 7.59. The Morgan fingerprint density at radius 3 is 2.31 bits per heavy atom. The molecule has 2 saturated heterocycles. The maximum atomic E-state index is 12.5. The first kappa shape index (κ1) is 19.1. The van der Waals surface area contributed by atoms with Crippen molar-refractivity contribution >= 4 is 6.03 Å². The lowest BCUT2D eigenvalue weighted by Gasteiger charge is -2.35. The fourth-order valence-electron chi connectivity index (χ4n) is 4.21. The van der Waals surface area contributed by atoms with Crippen LogP contribution < -0.4 is 0 Å². The molecule has 2 fully saturated rings. The van der Waals surface area contributed by atoms with E-state index in [4.69, 9.17) is 0 Å². The molecule has 0 unspecified atom stereocenters. The van der Waals surface area contributed by atoms with Gasteiger partial charge in [0.2, 0.25) is 0 Å². The summed E-state index contributed by atoms with van der Waals surface area (Å²) in [5.41, 5.74) is 0. The van der Waals surface area contributed by atoms with Gasteiger partial charge in [-0.05, 0) is 52.6 Å². The van der Waals surface area contributed by atoms with E-state index in [1.54, 1.807) is 0 Å². The highest BCUT2D eigenvalue weighted by Crippen LogP contribution is 2.27. The number of urea groups is 1. The zero-order chi connectivity index (χ0) is 18.5. The van der Waals surface area contributed by atoms with E-state index in [1.165, 1.54) is 32.4 Å². The second kappa shape index (κ2) is 8.84. The molecule has 2 aliphatic rings. The van der Waals surface area contributed by atoms with Gasteiger partial charge in [-0.25, -0.2) is 4.79 Å². The van der Waals surface area contributed by atoms with Gasteiger partial charge in [0.1, 0.15) is 11.6 Å². The smallest absolute Gasteiger partial charge is 0.319 e. The average Bonchev–Trinajstić information content (AvgIpc) is 3.04. The van der Waals surface area contributed by atoms with Crippen molar-refractivity contribution < 1.29 is 4.79 Å². The summed E-state index contributed by atoms with van der Waals surface area (Å²) in [6.07, 6.45) is 5.89. The van der Waals surface area contributed by atoms with Gasteiger partial charge in [-0.15, -0.1) is 10.2 Å². The van der Waals surface area contributed by atoms with Crippen LogP contribution in [0.5, 0.6) is 0 Å². The average molecular weight is 363 g/mol. The van der Waals surface area contributed by atoms with Crippen LogP contribution in [0.25, 0.3) is 0 Å². The molecule has 2 amide bonds. The first-order chi connectivity index (χ1) is 12.6. The minimum Gasteiger partial charge on any atom is -0.325 e. The first-order valence-corrected chi connectivity index (χ1v) is 10.3. The van der Waals surface area contributed by atoms with Crippen molar-refractivity contribution in [2.75, 3.05) is 39.3 Å². The lowest BCUT2D eigenvalue weighted by atomic mass is 9.96. The largest absolute Gasteiger partial charge is 0.325 e. The van der Waals surface area contributed by atoms with Crippen LogP contribution in [-0.4, -0.2) is 74.8 Å². The molecule has 1 aromatic heterocycles. The van der Waals surface area contributed by atoms with Crippen molar-refractivity contribution in [3.63, 3.8) is 0 Å². The number of carbonyl (C=O) groups excluding carboxylic acids is 1. The highest BCUT2D eigenvalue weighted by molar-refractivity contribution is 5.74. The Morgan fingerprint density at radius 1 is 1.04 bits per heavy atom. The summed E-state index contributed by atoms with van der Waals surface area (Å²) in [7, 11) is 2.10. The van der Waals surface area contributed by atoms with Crippen LogP contribution in [0.2, 0.25) is 0 Å². The molecular weight excluding hydrogens is 328 g/mol. The highest BCUT2D eigenvalue weighted by Gasteiger charge is 2.29. The number of hydrogen-bond donors (Lipinski definition) is 0. The Bertz CT molecular complexity index is 583. The molecule has 0 N–H and O–H groups in total. The van der Waals surface area contributed by atoms with E-state index in [1.807, 2.05) is 23.6 Å². The van der Waals surface area contributed by atoms with E-state index in [0.717, 1.165) is 57.2 Å². The first-order valence-electron chi connectivity index (χ1n) is 10.3. The quantitative estimate of drug-likeness (QED) is 0.807. The zero-order valence-corrected chi connectivity index (χ0v) is 16.7. The van der Waals surface area contributed by atoms with Crippen molar-refractivity contribution in [2.45, 2.75) is 58.4 Å². The predicted octanol–water partition coefficient (Wildman–Crippen LogP) is 2.44. The molecule has 0 spiro atoms. The molecule has 3 rings (SSSR count). The van der Waals surface area contributed by atoms with Gasteiger partial charge in [-0.2, -0.15) is 0 Å². The van der Waals surface area contributed by atoms with Crippen LogP contribution >= 0.6 is 0 Å². The Labute approximate surface area is 157 Å². The van der Waals surface area contributed by atoms with Gasteiger partial charge < -0.3 is 14.4 Å². The number of aromatic nitrogens is 3. The molecule has 0 aliphatic carbocycles. The van der Waals surface area contributed by atoms with Crippen LogP contribution in [0.1, 0.15) is 63.5 Å². The van der Waals surface area contributed by atoms with Crippen molar-refractivity contribution in [2.24, 2.45) is 7.05 Å². The Morgan fingerprint density at radius 2 is 1.69 bits per heavy atom. The van der Waals surface area contributed by atoms with Gasteiger partial charge in [0.05, 0.1) is 6.54 Å². The summed E-state index contributed by atoms with van der Waals surface area (Å²) >= 11 is 0. The molecule has 0 atom stereocenters. The van der Waals surface area contributed by atoms with Crippen molar-refractivity contribution in [3.05, 3.63) is 11.6 Å². The van der Waals surface area contributed by atoms with Gasteiger partial charge in [0.15, 0.2) is 0 Å². The van der Waals surface area contributed by atoms with E-state index in [0.29, 0.717) is 5.92 Å². The monoisotopic (exact) mass is 362 g/mol. The minimum absolute atomic E-state index is 0.178. The maximum Gasteiger partial charge on any atom is 0.319 e. The molecule has 2 aliphatic heterocycles. The normalized spacial score (nSPS) is 19.7. The summed E-state index contributed by atoms with van der Waals surface area (Å²) in [5, 5.41) is 8.99. The van der Waals surface area contributed by atoms with Crippen molar-refractivity contribution in [1.82, 2.24) is 29.5 Å². The van der Waals surface area contributed by atoms with Crippen LogP contribution in [0.3, 0.4) is 0 Å². The fourth-order valence-corrected chi connectivity index (χ4v) is 4.21. The zero-order valence-electron chi connectivity index (χ0n) is 16.7. The predicted molar refractivity (Wildman–Crippen MR) is 102 cm³/mol. The number of carbonyl (C=O) groups is 1. The number of rotatable bonds is 5. The van der Waals surface area contributed by atoms with Gasteiger partial charge in [0.25, 0.3) is 0 Å². The topological polar surface area (TPSA) is 57.5 Å². The van der Waals surface area contributed by atoms with Crippen molar-refractivity contribution in [3.8, 4) is 0 Å². The number of nitrogens with zero attached hydrogens (tertiary/aromatic N) is 6. The van der Waals surface area contributed by atoms with Gasteiger partial charge >= 0.3 is 6.03 Å². The Kier molecular flexibility index (Phi) is 6.51. The van der Waals surface area contributed by atoms with E-state index in [2.05, 4.69) is 26.7 Å². The van der Waals surface area contributed by atoms with Crippen LogP contribution in [0.15, 0.2) is 0 Å². The lowest BCUT2D eigenvalue weighted by Crippen LogP contribution is -2.46. The lowest BCUT2D eigenvalue weighted by molar-refractivity contribution is 0.143. The molecule has 0 saturated carbocycles. The van der Waals surface area contributed by atoms with Crippen molar-refractivity contribution in [1.29, 1.82) is 0 Å². The molecule has 0 radical (unpaired) electrons. The third kappa shape index (κ3) is 4.19. The third-order valence-electron chi connectivity index (χ3n) is 5.98. The van der Waals surface area contributed by atoms with Crippen LogP contribution in [0, 0.1) is 0 Å². The Hall–Kier alpha value is -1.63. The number of piperidine rings is 2. The number of likely N-dealkylation sites (tertiary alicyclic amines) is 2. The summed E-state index contributed by atoms with van der Waals surface area (Å²) in [6, 6.07) is 0.178. The van der Waals surface area contributed by atoms with Gasteiger partial charge in [0, 0.05) is 39.1 Å². The molecule has 0 aromatic carbocycles. The molecule has 0 bridgehead atoms. The standard InChI is InChI=1S/C19H34N6O/c1-4-24(5-2)19(26)25-13-9-16(10-14-25)18-21-20-17(22(18)3)15-23-11-7-6-8-12-23/h16H,4-15H2,1-3H3. The number of hydrogen-bond acceptors (Lipinski definition) is 4. The molecule has 7 heteroatoms. The Balaban J connectivity index is 1.57. The summed E-state index contributed by atoms with van der Waals surface area (Å²) in [5.74, 6) is 2.57. The third-order valence-corrected chi connectivity index (χ3v) is 5.98. The molecular formula is C19H34N6O. The van der Waals surface area contributed by atoms with Crippen LogP contribution in [0.4, 0.5) is 4.79 Å². The van der Waals surface area contributed by atoms with E-state index >= 15 is 0 Å². The van der Waals surface area contributed by atoms with Gasteiger partial charge in [-0.1, -0.05) is 6.42 Å². The highest BCUT2D eigenvalue weighted by atomic mass is 16.2. The van der Waals surface area contributed by atoms with E-state index < -0.39 is 0 Å². The minimum atomic E-state index is 0.178. The number of amides is 2.